The van der Waals surface area contributed by atoms with Gasteiger partial charge in [0.25, 0.3) is 11.6 Å². The summed E-state index contributed by atoms with van der Waals surface area (Å²) in [4.78, 5) is 36.1. The highest BCUT2D eigenvalue weighted by Gasteiger charge is 2.27. The van der Waals surface area contributed by atoms with Crippen molar-refractivity contribution in [3.05, 3.63) is 75.6 Å². The van der Waals surface area contributed by atoms with Crippen LogP contribution in [0.3, 0.4) is 0 Å². The quantitative estimate of drug-likeness (QED) is 0.430. The molecule has 0 aromatic heterocycles. The summed E-state index contributed by atoms with van der Waals surface area (Å²) in [5.41, 5.74) is -0.219. The van der Waals surface area contributed by atoms with Crippen molar-refractivity contribution in [1.29, 1.82) is 0 Å². The molecule has 7 nitrogen and oxygen atoms in total. The van der Waals surface area contributed by atoms with Gasteiger partial charge in [-0.15, -0.1) is 0 Å². The molecule has 0 aliphatic rings. The van der Waals surface area contributed by atoms with Crippen molar-refractivity contribution < 1.29 is 23.6 Å². The lowest BCUT2D eigenvalue weighted by Gasteiger charge is -2.22. The number of nitrogens with zero attached hydrogens (tertiary/aromatic N) is 2. The fourth-order valence-corrected chi connectivity index (χ4v) is 2.37. The first-order valence-electron chi connectivity index (χ1n) is 7.85. The molecule has 0 heterocycles. The lowest BCUT2D eigenvalue weighted by Crippen LogP contribution is -2.36. The zero-order valence-corrected chi connectivity index (χ0v) is 14.1. The highest BCUT2D eigenvalue weighted by molar-refractivity contribution is 5.99. The van der Waals surface area contributed by atoms with Crippen LogP contribution in [0.1, 0.15) is 22.8 Å². The minimum atomic E-state index is -0.832. The monoisotopic (exact) mass is 360 g/mol. The third-order valence-electron chi connectivity index (χ3n) is 3.52. The number of hydrogen-bond acceptors (Lipinski definition) is 5. The molecule has 0 fully saturated rings. The van der Waals surface area contributed by atoms with Crippen molar-refractivity contribution in [1.82, 2.24) is 4.90 Å². The van der Waals surface area contributed by atoms with Crippen molar-refractivity contribution in [2.45, 2.75) is 13.5 Å². The number of carbonyl (C=O) groups excluding carboxylic acids is 2. The van der Waals surface area contributed by atoms with Crippen molar-refractivity contribution in [2.75, 3.05) is 13.2 Å². The summed E-state index contributed by atoms with van der Waals surface area (Å²) in [6.07, 6.45) is 0. The first-order chi connectivity index (χ1) is 12.4. The van der Waals surface area contributed by atoms with E-state index in [-0.39, 0.29) is 25.3 Å². The lowest BCUT2D eigenvalue weighted by molar-refractivity contribution is -0.385. The van der Waals surface area contributed by atoms with Crippen LogP contribution in [0.5, 0.6) is 0 Å². The predicted octanol–water partition coefficient (Wildman–Crippen LogP) is 2.94. The maximum Gasteiger partial charge on any atom is 0.325 e. The summed E-state index contributed by atoms with van der Waals surface area (Å²) < 4.78 is 18.2. The second-order valence-electron chi connectivity index (χ2n) is 5.37. The fraction of sp³-hybridized carbons (Fsp3) is 0.222. The largest absolute Gasteiger partial charge is 0.465 e. The van der Waals surface area contributed by atoms with E-state index in [1.165, 1.54) is 0 Å². The van der Waals surface area contributed by atoms with E-state index in [1.54, 1.807) is 37.3 Å². The van der Waals surface area contributed by atoms with Crippen molar-refractivity contribution in [3.63, 3.8) is 0 Å². The second kappa shape index (κ2) is 8.70. The van der Waals surface area contributed by atoms with Gasteiger partial charge in [0.15, 0.2) is 0 Å². The van der Waals surface area contributed by atoms with Crippen LogP contribution in [0.4, 0.5) is 10.1 Å². The van der Waals surface area contributed by atoms with Gasteiger partial charge in [-0.25, -0.2) is 4.39 Å². The van der Waals surface area contributed by atoms with Crippen LogP contribution in [-0.2, 0) is 16.1 Å². The van der Waals surface area contributed by atoms with Gasteiger partial charge in [0.05, 0.1) is 17.6 Å². The topological polar surface area (TPSA) is 89.8 Å². The smallest absolute Gasteiger partial charge is 0.325 e. The van der Waals surface area contributed by atoms with Crippen LogP contribution in [0.2, 0.25) is 0 Å². The first kappa shape index (κ1) is 19.0. The molecule has 0 aliphatic carbocycles. The van der Waals surface area contributed by atoms with Gasteiger partial charge < -0.3 is 9.64 Å². The number of carbonyl (C=O) groups is 2. The van der Waals surface area contributed by atoms with E-state index < -0.39 is 28.3 Å². The second-order valence-corrected chi connectivity index (χ2v) is 5.37. The van der Waals surface area contributed by atoms with Gasteiger partial charge in [-0.05, 0) is 24.6 Å². The molecule has 136 valence electrons. The van der Waals surface area contributed by atoms with E-state index in [4.69, 9.17) is 4.74 Å². The Labute approximate surface area is 149 Å². The van der Waals surface area contributed by atoms with E-state index in [2.05, 4.69) is 0 Å². The first-order valence-corrected chi connectivity index (χ1v) is 7.85. The van der Waals surface area contributed by atoms with Gasteiger partial charge in [0.2, 0.25) is 0 Å². The molecule has 0 radical (unpaired) electrons. The van der Waals surface area contributed by atoms with E-state index in [0.29, 0.717) is 6.07 Å². The van der Waals surface area contributed by atoms with E-state index >= 15 is 0 Å². The van der Waals surface area contributed by atoms with Crippen molar-refractivity contribution in [2.24, 2.45) is 0 Å². The summed E-state index contributed by atoms with van der Waals surface area (Å²) in [6, 6.07) is 11.5. The maximum atomic E-state index is 13.3. The molecule has 0 N–H and O–H groups in total. The fourth-order valence-electron chi connectivity index (χ4n) is 2.37. The maximum absolute atomic E-state index is 13.3. The Balaban J connectivity index is 2.36. The molecule has 0 aliphatic heterocycles. The van der Waals surface area contributed by atoms with Crippen LogP contribution >= 0.6 is 0 Å². The summed E-state index contributed by atoms with van der Waals surface area (Å²) in [5, 5.41) is 11.2. The molecule has 2 aromatic carbocycles. The number of nitro groups is 1. The van der Waals surface area contributed by atoms with Gasteiger partial charge in [-0.3, -0.25) is 19.7 Å². The van der Waals surface area contributed by atoms with Gasteiger partial charge in [-0.2, -0.15) is 0 Å². The molecule has 0 unspecified atom stereocenters. The van der Waals surface area contributed by atoms with Gasteiger partial charge in [0, 0.05) is 6.54 Å². The Kier molecular flexibility index (Phi) is 6.37. The summed E-state index contributed by atoms with van der Waals surface area (Å²) in [7, 11) is 0. The number of hydrogen-bond donors (Lipinski definition) is 0. The molecule has 8 heteroatoms. The normalized spacial score (nSPS) is 10.2. The molecule has 0 bridgehead atoms. The highest BCUT2D eigenvalue weighted by Crippen LogP contribution is 2.22. The van der Waals surface area contributed by atoms with Crippen molar-refractivity contribution in [3.8, 4) is 0 Å². The number of rotatable bonds is 7. The molecule has 0 saturated carbocycles. The zero-order chi connectivity index (χ0) is 19.1. The van der Waals surface area contributed by atoms with Gasteiger partial charge >= 0.3 is 5.97 Å². The molecular formula is C18H17FN2O5. The molecule has 2 rings (SSSR count). The van der Waals surface area contributed by atoms with E-state index in [1.807, 2.05) is 0 Å². The Hall–Kier alpha value is -3.29. The van der Waals surface area contributed by atoms with Crippen molar-refractivity contribution >= 4 is 17.6 Å². The lowest BCUT2D eigenvalue weighted by atomic mass is 10.1. The average Bonchev–Trinajstić information content (AvgIpc) is 2.61. The number of benzene rings is 2. The van der Waals surface area contributed by atoms with Crippen LogP contribution in [0.15, 0.2) is 48.5 Å². The van der Waals surface area contributed by atoms with Crippen LogP contribution in [-0.4, -0.2) is 34.9 Å². The van der Waals surface area contributed by atoms with Gasteiger partial charge in [-0.1, -0.05) is 30.3 Å². The Morgan fingerprint density at radius 1 is 1.19 bits per heavy atom. The van der Waals surface area contributed by atoms with Gasteiger partial charge in [0.1, 0.15) is 17.9 Å². The van der Waals surface area contributed by atoms with E-state index in [0.717, 1.165) is 22.6 Å². The summed E-state index contributed by atoms with van der Waals surface area (Å²) in [5.74, 6) is -2.22. The molecule has 26 heavy (non-hydrogen) atoms. The van der Waals surface area contributed by atoms with Crippen LogP contribution in [0, 0.1) is 15.9 Å². The third kappa shape index (κ3) is 4.85. The third-order valence-corrected chi connectivity index (χ3v) is 3.52. The zero-order valence-electron chi connectivity index (χ0n) is 14.1. The standard InChI is InChI=1S/C18H17FN2O5/c1-2-26-17(22)12-20(11-13-6-4-3-5-7-13)18(23)15-9-8-14(19)10-16(15)21(24)25/h3-10H,2,11-12H2,1H3. The minimum absolute atomic E-state index is 0.0486. The highest BCUT2D eigenvalue weighted by atomic mass is 19.1. The summed E-state index contributed by atoms with van der Waals surface area (Å²) in [6.45, 7) is 1.44. The molecule has 0 atom stereocenters. The number of halogens is 1. The predicted molar refractivity (Wildman–Crippen MR) is 90.9 cm³/mol. The van der Waals surface area contributed by atoms with Crippen LogP contribution in [0.25, 0.3) is 0 Å². The Morgan fingerprint density at radius 2 is 1.88 bits per heavy atom. The molecule has 2 aromatic rings. The minimum Gasteiger partial charge on any atom is -0.465 e. The summed E-state index contributed by atoms with van der Waals surface area (Å²) >= 11 is 0. The number of ether oxygens (including phenoxy) is 1. The number of amides is 1. The SMILES string of the molecule is CCOC(=O)CN(Cc1ccccc1)C(=O)c1ccc(F)cc1[N+](=O)[O-]. The molecular weight excluding hydrogens is 343 g/mol. The Morgan fingerprint density at radius 3 is 2.50 bits per heavy atom. The van der Waals surface area contributed by atoms with Crippen LogP contribution < -0.4 is 0 Å². The Bertz CT molecular complexity index is 810. The molecule has 0 spiro atoms. The average molecular weight is 360 g/mol. The van der Waals surface area contributed by atoms with E-state index in [9.17, 15) is 24.1 Å². The molecule has 1 amide bonds. The molecule has 0 saturated heterocycles. The number of nitro benzene ring substituents is 1. The number of esters is 1.